The third-order valence-corrected chi connectivity index (χ3v) is 3.57. The Morgan fingerprint density at radius 2 is 2.17 bits per heavy atom. The molecular formula is C7H14ClNO2S. The minimum Gasteiger partial charge on any atom is -0.212 e. The second-order valence-electron chi connectivity index (χ2n) is 2.43. The van der Waals surface area contributed by atoms with Crippen LogP contribution < -0.4 is 0 Å². The van der Waals surface area contributed by atoms with Gasteiger partial charge < -0.3 is 0 Å². The van der Waals surface area contributed by atoms with Crippen LogP contribution in [0.1, 0.15) is 6.42 Å². The number of likely N-dealkylation sites (N-methyl/N-ethyl adjacent to an activating group) is 1. The fourth-order valence-corrected chi connectivity index (χ4v) is 2.13. The van der Waals surface area contributed by atoms with E-state index in [9.17, 15) is 8.42 Å². The number of nitrogens with zero attached hydrogens (tertiary/aromatic N) is 1. The molecule has 0 N–H and O–H groups in total. The largest absolute Gasteiger partial charge is 0.214 e. The molecule has 0 aromatic heterocycles. The van der Waals surface area contributed by atoms with Gasteiger partial charge in [-0.05, 0) is 6.42 Å². The van der Waals surface area contributed by atoms with Crippen molar-refractivity contribution < 1.29 is 8.42 Å². The summed E-state index contributed by atoms with van der Waals surface area (Å²) in [5.74, 6) is 0.488. The molecule has 12 heavy (non-hydrogen) atoms. The minimum absolute atomic E-state index is 0.112. The van der Waals surface area contributed by atoms with Gasteiger partial charge >= 0.3 is 0 Å². The summed E-state index contributed by atoms with van der Waals surface area (Å²) in [5, 5.41) is 0. The molecule has 0 aliphatic rings. The van der Waals surface area contributed by atoms with Crippen LogP contribution in [0, 0.1) is 0 Å². The summed E-state index contributed by atoms with van der Waals surface area (Å²) in [6, 6.07) is 0. The fourth-order valence-electron chi connectivity index (χ4n) is 0.688. The Morgan fingerprint density at radius 3 is 2.58 bits per heavy atom. The van der Waals surface area contributed by atoms with Crippen molar-refractivity contribution in [2.75, 3.05) is 25.2 Å². The second kappa shape index (κ2) is 5.56. The maximum atomic E-state index is 11.3. The van der Waals surface area contributed by atoms with Crippen molar-refractivity contribution in [3.63, 3.8) is 0 Å². The van der Waals surface area contributed by atoms with E-state index in [0.717, 1.165) is 0 Å². The van der Waals surface area contributed by atoms with E-state index in [4.69, 9.17) is 11.6 Å². The van der Waals surface area contributed by atoms with E-state index in [1.54, 1.807) is 6.08 Å². The van der Waals surface area contributed by atoms with Gasteiger partial charge in [0.2, 0.25) is 10.0 Å². The molecule has 0 saturated carbocycles. The molecule has 0 radical (unpaired) electrons. The zero-order valence-corrected chi connectivity index (χ0v) is 8.74. The van der Waals surface area contributed by atoms with Crippen LogP contribution in [0.2, 0.25) is 0 Å². The number of rotatable bonds is 6. The molecule has 3 nitrogen and oxygen atoms in total. The molecular weight excluding hydrogens is 198 g/mol. The van der Waals surface area contributed by atoms with Crippen LogP contribution in [0.3, 0.4) is 0 Å². The molecule has 0 aromatic carbocycles. The van der Waals surface area contributed by atoms with Gasteiger partial charge in [0, 0.05) is 19.5 Å². The SMILES string of the molecule is C=CCN(C)S(=O)(=O)CCCCl. The van der Waals surface area contributed by atoms with Crippen LogP contribution in [0.5, 0.6) is 0 Å². The minimum atomic E-state index is -3.11. The number of alkyl halides is 1. The van der Waals surface area contributed by atoms with Crippen LogP contribution in [0.15, 0.2) is 12.7 Å². The first-order valence-electron chi connectivity index (χ1n) is 3.65. The third kappa shape index (κ3) is 4.09. The molecule has 0 aliphatic heterocycles. The van der Waals surface area contributed by atoms with Crippen molar-refractivity contribution in [3.8, 4) is 0 Å². The summed E-state index contributed by atoms with van der Waals surface area (Å²) in [7, 11) is -1.57. The molecule has 0 saturated heterocycles. The Labute approximate surface area is 79.1 Å². The van der Waals surface area contributed by atoms with Crippen LogP contribution in [0.25, 0.3) is 0 Å². The van der Waals surface area contributed by atoms with Gasteiger partial charge in [0.05, 0.1) is 5.75 Å². The standard InChI is InChI=1S/C7H14ClNO2S/c1-3-6-9(2)12(10,11)7-4-5-8/h3H,1,4-7H2,2H3. The van der Waals surface area contributed by atoms with E-state index < -0.39 is 10.0 Å². The summed E-state index contributed by atoms with van der Waals surface area (Å²) in [4.78, 5) is 0. The fraction of sp³-hybridized carbons (Fsp3) is 0.714. The highest BCUT2D eigenvalue weighted by atomic mass is 35.5. The van der Waals surface area contributed by atoms with Gasteiger partial charge in [0.25, 0.3) is 0 Å². The monoisotopic (exact) mass is 211 g/mol. The summed E-state index contributed by atoms with van der Waals surface area (Å²) >= 11 is 5.39. The molecule has 0 bridgehead atoms. The van der Waals surface area contributed by atoms with Crippen LogP contribution in [-0.2, 0) is 10.0 Å². The van der Waals surface area contributed by atoms with Crippen molar-refractivity contribution in [3.05, 3.63) is 12.7 Å². The van der Waals surface area contributed by atoms with Crippen molar-refractivity contribution in [1.29, 1.82) is 0 Å². The predicted molar refractivity (Wildman–Crippen MR) is 52.0 cm³/mol. The van der Waals surface area contributed by atoms with Gasteiger partial charge in [-0.25, -0.2) is 12.7 Å². The maximum absolute atomic E-state index is 11.3. The van der Waals surface area contributed by atoms with E-state index in [1.165, 1.54) is 11.4 Å². The summed E-state index contributed by atoms with van der Waals surface area (Å²) in [6.07, 6.45) is 2.05. The van der Waals surface area contributed by atoms with Gasteiger partial charge in [0.15, 0.2) is 0 Å². The molecule has 0 unspecified atom stereocenters. The molecule has 0 aliphatic carbocycles. The van der Waals surface area contributed by atoms with E-state index in [2.05, 4.69) is 6.58 Å². The number of hydrogen-bond donors (Lipinski definition) is 0. The Bertz CT molecular complexity index is 226. The summed E-state index contributed by atoms with van der Waals surface area (Å²) in [6.45, 7) is 3.81. The lowest BCUT2D eigenvalue weighted by molar-refractivity contribution is 0.498. The third-order valence-electron chi connectivity index (χ3n) is 1.40. The lowest BCUT2D eigenvalue weighted by Crippen LogP contribution is -2.29. The molecule has 0 spiro atoms. The highest BCUT2D eigenvalue weighted by Gasteiger charge is 2.14. The molecule has 0 atom stereocenters. The Kier molecular flexibility index (Phi) is 5.53. The highest BCUT2D eigenvalue weighted by molar-refractivity contribution is 7.89. The van der Waals surface area contributed by atoms with Crippen LogP contribution >= 0.6 is 11.6 Å². The molecule has 0 fully saturated rings. The van der Waals surface area contributed by atoms with Gasteiger partial charge in [-0.3, -0.25) is 0 Å². The first kappa shape index (κ1) is 11.9. The van der Waals surface area contributed by atoms with Gasteiger partial charge in [-0.2, -0.15) is 0 Å². The predicted octanol–water partition coefficient (Wildman–Crippen LogP) is 1.06. The number of hydrogen-bond acceptors (Lipinski definition) is 2. The molecule has 0 rings (SSSR count). The maximum Gasteiger partial charge on any atom is 0.214 e. The van der Waals surface area contributed by atoms with Gasteiger partial charge in [-0.1, -0.05) is 6.08 Å². The number of sulfonamides is 1. The molecule has 72 valence electrons. The van der Waals surface area contributed by atoms with Crippen molar-refractivity contribution in [2.24, 2.45) is 0 Å². The highest BCUT2D eigenvalue weighted by Crippen LogP contribution is 2.00. The van der Waals surface area contributed by atoms with Crippen LogP contribution in [-0.4, -0.2) is 37.9 Å². The Morgan fingerprint density at radius 1 is 1.58 bits per heavy atom. The van der Waals surface area contributed by atoms with Gasteiger partial charge in [-0.15, -0.1) is 18.2 Å². The Hall–Kier alpha value is -0.0600. The van der Waals surface area contributed by atoms with E-state index in [-0.39, 0.29) is 5.75 Å². The summed E-state index contributed by atoms with van der Waals surface area (Å²) in [5.41, 5.74) is 0. The van der Waals surface area contributed by atoms with Crippen molar-refractivity contribution in [2.45, 2.75) is 6.42 Å². The van der Waals surface area contributed by atoms with Crippen LogP contribution in [0.4, 0.5) is 0 Å². The van der Waals surface area contributed by atoms with Gasteiger partial charge in [0.1, 0.15) is 0 Å². The summed E-state index contributed by atoms with van der Waals surface area (Å²) < 4.78 is 23.9. The first-order valence-corrected chi connectivity index (χ1v) is 5.80. The molecule has 0 amide bonds. The molecule has 5 heteroatoms. The second-order valence-corrected chi connectivity index (χ2v) is 5.00. The zero-order valence-electron chi connectivity index (χ0n) is 7.16. The molecule has 0 heterocycles. The van der Waals surface area contributed by atoms with E-state index in [1.807, 2.05) is 0 Å². The zero-order chi connectivity index (χ0) is 9.61. The first-order chi connectivity index (χ1) is 5.54. The lowest BCUT2D eigenvalue weighted by atomic mass is 10.6. The van der Waals surface area contributed by atoms with E-state index in [0.29, 0.717) is 18.8 Å². The Balaban J connectivity index is 4.10. The quantitative estimate of drug-likeness (QED) is 0.487. The average molecular weight is 212 g/mol. The smallest absolute Gasteiger partial charge is 0.212 e. The topological polar surface area (TPSA) is 37.4 Å². The number of halogens is 1. The van der Waals surface area contributed by atoms with Crippen molar-refractivity contribution in [1.82, 2.24) is 4.31 Å². The van der Waals surface area contributed by atoms with Crippen molar-refractivity contribution >= 4 is 21.6 Å². The lowest BCUT2D eigenvalue weighted by Gasteiger charge is -2.13. The normalized spacial score (nSPS) is 11.9. The van der Waals surface area contributed by atoms with E-state index >= 15 is 0 Å². The average Bonchev–Trinajstić information content (AvgIpc) is 2.01. The molecule has 0 aromatic rings.